The first kappa shape index (κ1) is 20.7. The van der Waals surface area contributed by atoms with Crippen LogP contribution in [0.25, 0.3) is 0 Å². The van der Waals surface area contributed by atoms with Crippen LogP contribution in [-0.2, 0) is 9.22 Å². The maximum absolute atomic E-state index is 12.1. The minimum absolute atomic E-state index is 0.423. The van der Waals surface area contributed by atoms with Crippen molar-refractivity contribution in [1.29, 1.82) is 0 Å². The van der Waals surface area contributed by atoms with E-state index in [1.807, 2.05) is 0 Å². The highest BCUT2D eigenvalue weighted by molar-refractivity contribution is 6.75. The second-order valence-electron chi connectivity index (χ2n) is 12.6. The number of hydrogen-bond donors (Lipinski definition) is 0. The van der Waals surface area contributed by atoms with E-state index in [1.165, 1.54) is 69.9 Å². The smallest absolute Gasteiger partial charge is 0.195 e. The number of fused-ring (bicyclic) bond motifs is 5. The molecule has 0 aromatic carbocycles. The van der Waals surface area contributed by atoms with E-state index in [-0.39, 0.29) is 0 Å². The lowest BCUT2D eigenvalue weighted by Gasteiger charge is -2.60. The second kappa shape index (κ2) is 7.19. The molecular formula is C26H44O2Si. The van der Waals surface area contributed by atoms with Gasteiger partial charge in [-0.2, -0.15) is 0 Å². The maximum atomic E-state index is 12.1. The van der Waals surface area contributed by atoms with Gasteiger partial charge in [0.05, 0.1) is 6.10 Å². The van der Waals surface area contributed by atoms with E-state index in [1.54, 1.807) is 0 Å². The van der Waals surface area contributed by atoms with Crippen LogP contribution in [0.3, 0.4) is 0 Å². The van der Waals surface area contributed by atoms with E-state index in [0.717, 1.165) is 36.1 Å². The van der Waals surface area contributed by atoms with Crippen LogP contribution >= 0.6 is 0 Å². The Kier molecular flexibility index (Phi) is 5.14. The third-order valence-electron chi connectivity index (χ3n) is 11.3. The van der Waals surface area contributed by atoms with E-state index < -0.39 is 8.32 Å². The maximum Gasteiger partial charge on any atom is 0.195 e. The van der Waals surface area contributed by atoms with Crippen LogP contribution in [-0.4, -0.2) is 20.2 Å². The van der Waals surface area contributed by atoms with Crippen molar-refractivity contribution in [3.63, 3.8) is 0 Å². The molecule has 0 spiro atoms. The molecule has 2 nitrogen and oxygen atoms in total. The minimum atomic E-state index is -1.53. The molecule has 1 aliphatic heterocycles. The van der Waals surface area contributed by atoms with Gasteiger partial charge in [-0.05, 0) is 97.1 Å². The number of ketones is 1. The Bertz CT molecular complexity index is 653. The Morgan fingerprint density at radius 1 is 0.931 bits per heavy atom. The molecule has 4 unspecified atom stereocenters. The van der Waals surface area contributed by atoms with Gasteiger partial charge >= 0.3 is 0 Å². The molecule has 1 saturated heterocycles. The van der Waals surface area contributed by atoms with Crippen molar-refractivity contribution in [2.45, 2.75) is 122 Å². The van der Waals surface area contributed by atoms with E-state index in [4.69, 9.17) is 4.43 Å². The van der Waals surface area contributed by atoms with Crippen molar-refractivity contribution in [2.24, 2.45) is 34.5 Å². The van der Waals surface area contributed by atoms with Gasteiger partial charge < -0.3 is 4.43 Å². The van der Waals surface area contributed by atoms with Crippen LogP contribution in [0.15, 0.2) is 0 Å². The van der Waals surface area contributed by atoms with Crippen LogP contribution in [0.4, 0.5) is 0 Å². The summed E-state index contributed by atoms with van der Waals surface area (Å²) in [6.07, 6.45) is 14.5. The fourth-order valence-electron chi connectivity index (χ4n) is 9.28. The molecule has 4 aliphatic carbocycles. The van der Waals surface area contributed by atoms with Gasteiger partial charge in [0, 0.05) is 12.8 Å². The highest BCUT2D eigenvalue weighted by atomic mass is 28.4. The Balaban J connectivity index is 1.36. The average molecular weight is 417 g/mol. The van der Waals surface area contributed by atoms with Gasteiger partial charge in [0.15, 0.2) is 8.32 Å². The summed E-state index contributed by atoms with van der Waals surface area (Å²) in [4.78, 5) is 12.1. The molecule has 5 fully saturated rings. The van der Waals surface area contributed by atoms with Crippen LogP contribution in [0.5, 0.6) is 0 Å². The van der Waals surface area contributed by atoms with Crippen molar-refractivity contribution in [3.05, 3.63) is 0 Å². The molecule has 7 atom stereocenters. The molecule has 0 aromatic rings. The Morgan fingerprint density at radius 3 is 2.38 bits per heavy atom. The predicted octanol–water partition coefficient (Wildman–Crippen LogP) is 7.13. The molecule has 4 saturated carbocycles. The van der Waals surface area contributed by atoms with E-state index in [2.05, 4.69) is 27.7 Å². The number of hydrogen-bond acceptors (Lipinski definition) is 2. The van der Waals surface area contributed by atoms with Gasteiger partial charge in [0.1, 0.15) is 5.78 Å². The summed E-state index contributed by atoms with van der Waals surface area (Å²) in [6, 6.07) is 2.84. The van der Waals surface area contributed by atoms with Crippen LogP contribution in [0.2, 0.25) is 17.6 Å². The van der Waals surface area contributed by atoms with Gasteiger partial charge in [0.25, 0.3) is 0 Å². The fourth-order valence-corrected chi connectivity index (χ4v) is 13.8. The molecule has 0 N–H and O–H groups in total. The van der Waals surface area contributed by atoms with Gasteiger partial charge in [-0.1, -0.05) is 40.5 Å². The number of Topliss-reactive ketones (excluding diaryl/α,β-unsaturated/α-hetero) is 1. The Morgan fingerprint density at radius 2 is 1.66 bits per heavy atom. The SMILES string of the molecule is CC(C)[Si]1(O[C@H]2CCC3C4CCC5CC(=O)CC[C@]5(C)C4CC[C@@]32C)CCCC1. The van der Waals surface area contributed by atoms with Crippen molar-refractivity contribution in [2.75, 3.05) is 0 Å². The van der Waals surface area contributed by atoms with Crippen LogP contribution in [0.1, 0.15) is 98.3 Å². The Labute approximate surface area is 180 Å². The standard InChI is InChI=1S/C26H44O2Si/c1-18(2)29(15-5-6-16-29)28-24-10-9-22-21-8-7-19-17-20(27)11-13-25(19,3)23(21)12-14-26(22,24)4/h18-19,21-24H,5-17H2,1-4H3/t19?,21?,22?,23?,24-,25-,26-/m0/s1. The molecular weight excluding hydrogens is 372 g/mol. The van der Waals surface area contributed by atoms with E-state index in [9.17, 15) is 4.79 Å². The first-order valence-electron chi connectivity index (χ1n) is 13.0. The van der Waals surface area contributed by atoms with Crippen LogP contribution in [0, 0.1) is 34.5 Å². The summed E-state index contributed by atoms with van der Waals surface area (Å²) < 4.78 is 7.31. The molecule has 0 radical (unpaired) electrons. The zero-order valence-corrected chi connectivity index (χ0v) is 20.5. The fraction of sp³-hybridized carbons (Fsp3) is 0.962. The van der Waals surface area contributed by atoms with Gasteiger partial charge in [-0.3, -0.25) is 4.79 Å². The quantitative estimate of drug-likeness (QED) is 0.457. The number of carbonyl (C=O) groups is 1. The summed E-state index contributed by atoms with van der Waals surface area (Å²) in [5, 5.41) is 0. The Hall–Kier alpha value is -0.153. The molecule has 5 aliphatic rings. The third kappa shape index (κ3) is 3.07. The molecule has 0 bridgehead atoms. The molecule has 5 rings (SSSR count). The average Bonchev–Trinajstić information content (AvgIpc) is 3.28. The zero-order valence-electron chi connectivity index (χ0n) is 19.5. The van der Waals surface area contributed by atoms with Crippen molar-refractivity contribution < 1.29 is 9.22 Å². The normalized spacial score (nSPS) is 49.0. The first-order chi connectivity index (χ1) is 13.8. The predicted molar refractivity (Wildman–Crippen MR) is 121 cm³/mol. The highest BCUT2D eigenvalue weighted by Crippen LogP contribution is 2.66. The number of rotatable bonds is 3. The molecule has 164 valence electrons. The second-order valence-corrected chi connectivity index (χ2v) is 17.1. The van der Waals surface area contributed by atoms with Crippen LogP contribution < -0.4 is 0 Å². The highest BCUT2D eigenvalue weighted by Gasteiger charge is 2.61. The summed E-state index contributed by atoms with van der Waals surface area (Å²) in [6.45, 7) is 10.1. The largest absolute Gasteiger partial charge is 0.413 e. The minimum Gasteiger partial charge on any atom is -0.413 e. The van der Waals surface area contributed by atoms with E-state index in [0.29, 0.717) is 28.6 Å². The summed E-state index contributed by atoms with van der Waals surface area (Å²) in [5.74, 6) is 3.87. The third-order valence-corrected chi connectivity index (χ3v) is 16.5. The zero-order chi connectivity index (χ0) is 20.4. The van der Waals surface area contributed by atoms with Crippen molar-refractivity contribution in [3.8, 4) is 0 Å². The molecule has 1 heterocycles. The molecule has 3 heteroatoms. The van der Waals surface area contributed by atoms with Crippen molar-refractivity contribution in [1.82, 2.24) is 0 Å². The van der Waals surface area contributed by atoms with Gasteiger partial charge in [0.2, 0.25) is 0 Å². The molecule has 0 aromatic heterocycles. The van der Waals surface area contributed by atoms with E-state index >= 15 is 0 Å². The summed E-state index contributed by atoms with van der Waals surface area (Å²) in [7, 11) is -1.53. The monoisotopic (exact) mass is 416 g/mol. The van der Waals surface area contributed by atoms with Gasteiger partial charge in [-0.25, -0.2) is 0 Å². The summed E-state index contributed by atoms with van der Waals surface area (Å²) >= 11 is 0. The number of carbonyl (C=O) groups excluding carboxylic acids is 1. The molecule has 0 amide bonds. The first-order valence-corrected chi connectivity index (χ1v) is 15.4. The topological polar surface area (TPSA) is 26.3 Å². The summed E-state index contributed by atoms with van der Waals surface area (Å²) in [5.41, 5.74) is 1.64. The molecule has 29 heavy (non-hydrogen) atoms. The van der Waals surface area contributed by atoms with Gasteiger partial charge in [-0.15, -0.1) is 0 Å². The lowest BCUT2D eigenvalue weighted by Crippen LogP contribution is -2.55. The lowest BCUT2D eigenvalue weighted by atomic mass is 9.45. The lowest BCUT2D eigenvalue weighted by molar-refractivity contribution is -0.141. The van der Waals surface area contributed by atoms with Crippen molar-refractivity contribution >= 4 is 14.1 Å².